The highest BCUT2D eigenvalue weighted by molar-refractivity contribution is 8.07. The SMILES string of the molecule is C/C=C(\SC)c1ccc(C)cc1.CC. The minimum absolute atomic E-state index is 1.32. The van der Waals surface area contributed by atoms with Gasteiger partial charge in [-0.1, -0.05) is 49.8 Å². The molecule has 1 aromatic rings. The summed E-state index contributed by atoms with van der Waals surface area (Å²) in [5.74, 6) is 0. The molecule has 0 saturated heterocycles. The Morgan fingerprint density at radius 1 is 1.14 bits per heavy atom. The van der Waals surface area contributed by atoms with Gasteiger partial charge in [0.25, 0.3) is 0 Å². The van der Waals surface area contributed by atoms with Crippen LogP contribution in [0.25, 0.3) is 4.91 Å². The Kier molecular flexibility index (Phi) is 7.31. The lowest BCUT2D eigenvalue weighted by Gasteiger charge is -2.03. The zero-order valence-electron chi connectivity index (χ0n) is 9.79. The van der Waals surface area contributed by atoms with Crippen molar-refractivity contribution >= 4 is 16.7 Å². The topological polar surface area (TPSA) is 0 Å². The first kappa shape index (κ1) is 13.3. The van der Waals surface area contributed by atoms with Crippen LogP contribution in [0.4, 0.5) is 0 Å². The van der Waals surface area contributed by atoms with Crippen molar-refractivity contribution in [2.45, 2.75) is 27.7 Å². The molecule has 1 rings (SSSR count). The standard InChI is InChI=1S/C11H14S.C2H6/c1-4-11(12-3)10-7-5-9(2)6-8-10;1-2/h4-8H,1-3H3;1-2H3/b11-4-;. The molecule has 0 atom stereocenters. The minimum Gasteiger partial charge on any atom is -0.129 e. The smallest absolute Gasteiger partial charge is 0.00989 e. The summed E-state index contributed by atoms with van der Waals surface area (Å²) in [6.07, 6.45) is 4.25. The van der Waals surface area contributed by atoms with Gasteiger partial charge in [0.05, 0.1) is 0 Å². The maximum Gasteiger partial charge on any atom is 0.00989 e. The summed E-state index contributed by atoms with van der Waals surface area (Å²) in [6, 6.07) is 8.63. The molecule has 0 heterocycles. The Morgan fingerprint density at radius 2 is 1.64 bits per heavy atom. The molecule has 1 heteroatoms. The maximum atomic E-state index is 2.17. The van der Waals surface area contributed by atoms with E-state index >= 15 is 0 Å². The lowest BCUT2D eigenvalue weighted by Crippen LogP contribution is -1.79. The predicted octanol–water partition coefficient (Wildman–Crippen LogP) is 4.75. The maximum absolute atomic E-state index is 2.17. The molecule has 0 bridgehead atoms. The Bertz CT molecular complexity index is 270. The van der Waals surface area contributed by atoms with E-state index in [1.54, 1.807) is 11.8 Å². The average molecular weight is 208 g/mol. The fraction of sp³-hybridized carbons (Fsp3) is 0.385. The van der Waals surface area contributed by atoms with Gasteiger partial charge in [-0.3, -0.25) is 0 Å². The molecule has 0 radical (unpaired) electrons. The largest absolute Gasteiger partial charge is 0.129 e. The van der Waals surface area contributed by atoms with E-state index in [9.17, 15) is 0 Å². The summed E-state index contributed by atoms with van der Waals surface area (Å²) in [5, 5.41) is 0. The van der Waals surface area contributed by atoms with Crippen molar-refractivity contribution < 1.29 is 0 Å². The third-order valence-electron chi connectivity index (χ3n) is 1.82. The van der Waals surface area contributed by atoms with Crippen LogP contribution in [-0.4, -0.2) is 6.26 Å². The molecule has 0 fully saturated rings. The lowest BCUT2D eigenvalue weighted by molar-refractivity contribution is 1.46. The first-order chi connectivity index (χ1) is 6.77. The second-order valence-corrected chi connectivity index (χ2v) is 3.57. The highest BCUT2D eigenvalue weighted by Crippen LogP contribution is 2.24. The van der Waals surface area contributed by atoms with Gasteiger partial charge < -0.3 is 0 Å². The van der Waals surface area contributed by atoms with Crippen LogP contribution in [0.1, 0.15) is 31.9 Å². The van der Waals surface area contributed by atoms with Crippen molar-refractivity contribution in [2.75, 3.05) is 6.26 Å². The van der Waals surface area contributed by atoms with Gasteiger partial charge in [-0.15, -0.1) is 11.8 Å². The second kappa shape index (κ2) is 7.69. The van der Waals surface area contributed by atoms with Crippen molar-refractivity contribution in [3.8, 4) is 0 Å². The number of hydrogen-bond donors (Lipinski definition) is 0. The van der Waals surface area contributed by atoms with Crippen LogP contribution in [0.2, 0.25) is 0 Å². The summed E-state index contributed by atoms with van der Waals surface area (Å²) in [7, 11) is 0. The van der Waals surface area contributed by atoms with Crippen LogP contribution in [0.15, 0.2) is 30.3 Å². The number of thioether (sulfide) groups is 1. The molecule has 0 unspecified atom stereocenters. The Labute approximate surface area is 92.4 Å². The highest BCUT2D eigenvalue weighted by Gasteiger charge is 1.96. The molecule has 0 aromatic heterocycles. The summed E-state index contributed by atoms with van der Waals surface area (Å²) in [4.78, 5) is 1.34. The van der Waals surface area contributed by atoms with Crippen molar-refractivity contribution in [3.05, 3.63) is 41.5 Å². The van der Waals surface area contributed by atoms with Crippen LogP contribution in [0, 0.1) is 6.92 Å². The number of rotatable bonds is 2. The first-order valence-corrected chi connectivity index (χ1v) is 6.27. The zero-order chi connectivity index (χ0) is 11.0. The third-order valence-corrected chi connectivity index (χ3v) is 2.73. The van der Waals surface area contributed by atoms with E-state index < -0.39 is 0 Å². The van der Waals surface area contributed by atoms with Gasteiger partial charge in [0, 0.05) is 4.91 Å². The normalized spacial score (nSPS) is 10.5. The van der Waals surface area contributed by atoms with Crippen molar-refractivity contribution in [3.63, 3.8) is 0 Å². The van der Waals surface area contributed by atoms with Crippen LogP contribution >= 0.6 is 11.8 Å². The Morgan fingerprint density at radius 3 is 2.00 bits per heavy atom. The summed E-state index contributed by atoms with van der Waals surface area (Å²) in [5.41, 5.74) is 2.63. The number of benzene rings is 1. The van der Waals surface area contributed by atoms with Gasteiger partial charge in [0.2, 0.25) is 0 Å². The Balaban J connectivity index is 0.000000791. The molecule has 1 aromatic carbocycles. The molecule has 0 aliphatic heterocycles. The monoisotopic (exact) mass is 208 g/mol. The third kappa shape index (κ3) is 4.01. The van der Waals surface area contributed by atoms with Crippen molar-refractivity contribution in [1.82, 2.24) is 0 Å². The van der Waals surface area contributed by atoms with Crippen molar-refractivity contribution in [2.24, 2.45) is 0 Å². The first-order valence-electron chi connectivity index (χ1n) is 5.05. The minimum atomic E-state index is 1.32. The number of aryl methyl sites for hydroxylation is 1. The van der Waals surface area contributed by atoms with E-state index in [1.165, 1.54) is 16.0 Å². The number of allylic oxidation sites excluding steroid dienone is 1. The zero-order valence-corrected chi connectivity index (χ0v) is 10.6. The summed E-state index contributed by atoms with van der Waals surface area (Å²) < 4.78 is 0. The van der Waals surface area contributed by atoms with Gasteiger partial charge in [0.1, 0.15) is 0 Å². The molecule has 0 amide bonds. The van der Waals surface area contributed by atoms with E-state index in [1.807, 2.05) is 13.8 Å². The molecule has 0 N–H and O–H groups in total. The quantitative estimate of drug-likeness (QED) is 0.676. The summed E-state index contributed by atoms with van der Waals surface area (Å²) >= 11 is 1.79. The highest BCUT2D eigenvalue weighted by atomic mass is 32.2. The summed E-state index contributed by atoms with van der Waals surface area (Å²) in [6.45, 7) is 8.18. The fourth-order valence-corrected chi connectivity index (χ4v) is 1.73. The second-order valence-electron chi connectivity index (χ2n) is 2.72. The van der Waals surface area contributed by atoms with E-state index in [-0.39, 0.29) is 0 Å². The number of hydrogen-bond acceptors (Lipinski definition) is 1. The molecule has 78 valence electrons. The molecular weight excluding hydrogens is 188 g/mol. The van der Waals surface area contributed by atoms with Gasteiger partial charge in [-0.05, 0) is 25.7 Å². The fourth-order valence-electron chi connectivity index (χ4n) is 1.12. The average Bonchev–Trinajstić information content (AvgIpc) is 2.25. The van der Waals surface area contributed by atoms with Gasteiger partial charge in [-0.2, -0.15) is 0 Å². The molecule has 0 saturated carbocycles. The molecular formula is C13H20S. The van der Waals surface area contributed by atoms with E-state index in [0.717, 1.165) is 0 Å². The van der Waals surface area contributed by atoms with Crippen LogP contribution in [0.3, 0.4) is 0 Å². The molecule has 14 heavy (non-hydrogen) atoms. The molecule has 0 nitrogen and oxygen atoms in total. The molecule has 0 spiro atoms. The Hall–Kier alpha value is -0.690. The van der Waals surface area contributed by atoms with Gasteiger partial charge in [-0.25, -0.2) is 0 Å². The van der Waals surface area contributed by atoms with Gasteiger partial charge >= 0.3 is 0 Å². The van der Waals surface area contributed by atoms with E-state index in [0.29, 0.717) is 0 Å². The molecule has 0 aliphatic carbocycles. The van der Waals surface area contributed by atoms with Crippen LogP contribution in [0.5, 0.6) is 0 Å². The van der Waals surface area contributed by atoms with E-state index in [2.05, 4.69) is 50.4 Å². The van der Waals surface area contributed by atoms with Crippen LogP contribution in [-0.2, 0) is 0 Å². The lowest BCUT2D eigenvalue weighted by atomic mass is 10.1. The van der Waals surface area contributed by atoms with E-state index in [4.69, 9.17) is 0 Å². The van der Waals surface area contributed by atoms with Gasteiger partial charge in [0.15, 0.2) is 0 Å². The molecule has 0 aliphatic rings. The van der Waals surface area contributed by atoms with Crippen LogP contribution < -0.4 is 0 Å². The predicted molar refractivity (Wildman–Crippen MR) is 69.7 cm³/mol. The van der Waals surface area contributed by atoms with Crippen molar-refractivity contribution in [1.29, 1.82) is 0 Å².